The Morgan fingerprint density at radius 3 is 2.79 bits per heavy atom. The van der Waals surface area contributed by atoms with Gasteiger partial charge in [-0.05, 0) is 5.92 Å². The first-order valence-electron chi connectivity index (χ1n) is 6.29. The van der Waals surface area contributed by atoms with Gasteiger partial charge in [0.05, 0.1) is 6.33 Å². The summed E-state index contributed by atoms with van der Waals surface area (Å²) in [6.45, 7) is 4.10. The van der Waals surface area contributed by atoms with Gasteiger partial charge in [-0.25, -0.2) is 14.6 Å². The fraction of sp³-hybridized carbons (Fsp3) is 0.583. The molecule has 0 saturated carbocycles. The Balaban J connectivity index is 2.34. The maximum atomic E-state index is 11.6. The lowest BCUT2D eigenvalue weighted by Gasteiger charge is -2.20. The van der Waals surface area contributed by atoms with Crippen LogP contribution in [0.2, 0.25) is 0 Å². The molecule has 1 rings (SSSR count). The van der Waals surface area contributed by atoms with Gasteiger partial charge in [0.2, 0.25) is 0 Å². The number of nitrogens with zero attached hydrogens (tertiary/aromatic N) is 1. The van der Waals surface area contributed by atoms with E-state index in [1.807, 2.05) is 6.92 Å². The number of aromatic amines is 1. The van der Waals surface area contributed by atoms with Crippen molar-refractivity contribution in [3.63, 3.8) is 0 Å². The summed E-state index contributed by atoms with van der Waals surface area (Å²) in [5, 5.41) is 14.1. The average molecular weight is 268 g/mol. The Bertz CT molecular complexity index is 405. The van der Waals surface area contributed by atoms with E-state index in [2.05, 4.69) is 20.6 Å². The summed E-state index contributed by atoms with van der Waals surface area (Å²) >= 11 is 0. The van der Waals surface area contributed by atoms with Crippen LogP contribution in [0.25, 0.3) is 0 Å². The van der Waals surface area contributed by atoms with E-state index < -0.39 is 18.0 Å². The normalized spacial score (nSPS) is 13.6. The van der Waals surface area contributed by atoms with Crippen LogP contribution in [-0.2, 0) is 11.2 Å². The van der Waals surface area contributed by atoms with E-state index in [0.29, 0.717) is 19.4 Å². The summed E-state index contributed by atoms with van der Waals surface area (Å²) in [7, 11) is 0. The van der Waals surface area contributed by atoms with Crippen LogP contribution in [0, 0.1) is 5.92 Å². The number of hydrogen-bond acceptors (Lipinski definition) is 3. The van der Waals surface area contributed by atoms with Gasteiger partial charge >= 0.3 is 12.0 Å². The van der Waals surface area contributed by atoms with Crippen molar-refractivity contribution in [2.24, 2.45) is 5.92 Å². The molecule has 0 aliphatic heterocycles. The Morgan fingerprint density at radius 2 is 2.26 bits per heavy atom. The van der Waals surface area contributed by atoms with E-state index >= 15 is 0 Å². The molecular weight excluding hydrogens is 248 g/mol. The Hall–Kier alpha value is -2.05. The fourth-order valence-corrected chi connectivity index (χ4v) is 1.61. The van der Waals surface area contributed by atoms with Gasteiger partial charge in [0, 0.05) is 24.9 Å². The molecule has 0 bridgehead atoms. The predicted molar refractivity (Wildman–Crippen MR) is 69.7 cm³/mol. The van der Waals surface area contributed by atoms with E-state index in [1.54, 1.807) is 19.4 Å². The van der Waals surface area contributed by atoms with Gasteiger partial charge in [-0.2, -0.15) is 0 Å². The number of carbonyl (C=O) groups is 2. The van der Waals surface area contributed by atoms with Crippen LogP contribution in [0.1, 0.15) is 26.0 Å². The van der Waals surface area contributed by atoms with Crippen LogP contribution >= 0.6 is 0 Å². The van der Waals surface area contributed by atoms with Crippen molar-refractivity contribution < 1.29 is 14.7 Å². The number of H-pyrrole nitrogens is 1. The number of carboxylic acids is 1. The lowest BCUT2D eigenvalue weighted by molar-refractivity contribution is -0.140. The Labute approximate surface area is 111 Å². The number of aliphatic carboxylic acids is 1. The molecule has 0 radical (unpaired) electrons. The van der Waals surface area contributed by atoms with E-state index in [0.717, 1.165) is 5.69 Å². The monoisotopic (exact) mass is 268 g/mol. The number of hydrogen-bond donors (Lipinski definition) is 4. The first-order chi connectivity index (χ1) is 9.04. The topological polar surface area (TPSA) is 107 Å². The molecule has 0 aromatic carbocycles. The van der Waals surface area contributed by atoms with E-state index in [4.69, 9.17) is 5.11 Å². The highest BCUT2D eigenvalue weighted by Gasteiger charge is 2.24. The molecule has 1 aromatic rings. The van der Waals surface area contributed by atoms with Crippen molar-refractivity contribution >= 4 is 12.0 Å². The van der Waals surface area contributed by atoms with Crippen molar-refractivity contribution in [1.82, 2.24) is 20.6 Å². The summed E-state index contributed by atoms with van der Waals surface area (Å²) < 4.78 is 0. The highest BCUT2D eigenvalue weighted by atomic mass is 16.4. The van der Waals surface area contributed by atoms with Gasteiger partial charge in [0.1, 0.15) is 6.04 Å². The number of carboxylic acid groups (broad SMARTS) is 1. The molecule has 1 aromatic heterocycles. The molecule has 0 saturated heterocycles. The molecule has 4 N–H and O–H groups in total. The van der Waals surface area contributed by atoms with Crippen molar-refractivity contribution in [3.05, 3.63) is 18.2 Å². The predicted octanol–water partition coefficient (Wildman–Crippen LogP) is 0.751. The average Bonchev–Trinajstić information content (AvgIpc) is 2.87. The molecule has 1 heterocycles. The van der Waals surface area contributed by atoms with Crippen LogP contribution < -0.4 is 10.6 Å². The molecule has 0 aliphatic carbocycles. The maximum Gasteiger partial charge on any atom is 0.326 e. The molecule has 2 atom stereocenters. The molecule has 19 heavy (non-hydrogen) atoms. The first kappa shape index (κ1) is 15.0. The number of carbonyl (C=O) groups excluding carboxylic acids is 1. The van der Waals surface area contributed by atoms with Gasteiger partial charge in [-0.15, -0.1) is 0 Å². The molecule has 106 valence electrons. The van der Waals surface area contributed by atoms with Crippen molar-refractivity contribution in [1.29, 1.82) is 0 Å². The molecule has 0 aliphatic rings. The first-order valence-corrected chi connectivity index (χ1v) is 6.29. The number of urea groups is 1. The van der Waals surface area contributed by atoms with Gasteiger partial charge < -0.3 is 20.7 Å². The zero-order valence-electron chi connectivity index (χ0n) is 11.1. The van der Waals surface area contributed by atoms with E-state index in [9.17, 15) is 9.59 Å². The quantitative estimate of drug-likeness (QED) is 0.585. The summed E-state index contributed by atoms with van der Waals surface area (Å²) in [4.78, 5) is 29.4. The Kier molecular flexibility index (Phi) is 5.84. The third-order valence-corrected chi connectivity index (χ3v) is 3.00. The third-order valence-electron chi connectivity index (χ3n) is 3.00. The molecule has 2 unspecified atom stereocenters. The molecule has 0 fully saturated rings. The highest BCUT2D eigenvalue weighted by Crippen LogP contribution is 2.07. The summed E-state index contributed by atoms with van der Waals surface area (Å²) in [5.41, 5.74) is 0.914. The largest absolute Gasteiger partial charge is 0.480 e. The van der Waals surface area contributed by atoms with Crippen molar-refractivity contribution in [2.45, 2.75) is 32.7 Å². The third kappa shape index (κ3) is 4.99. The van der Waals surface area contributed by atoms with Crippen LogP contribution in [0.5, 0.6) is 0 Å². The standard InChI is InChI=1S/C12H20N4O3/c1-3-8(2)10(11(17)18)16-12(19)14-5-4-9-6-13-7-15-9/h6-8,10H,3-5H2,1-2H3,(H,13,15)(H,17,18)(H2,14,16,19). The van der Waals surface area contributed by atoms with E-state index in [1.165, 1.54) is 0 Å². The van der Waals surface area contributed by atoms with Crippen molar-refractivity contribution in [3.8, 4) is 0 Å². The Morgan fingerprint density at radius 1 is 1.53 bits per heavy atom. The zero-order chi connectivity index (χ0) is 14.3. The summed E-state index contributed by atoms with van der Waals surface area (Å²) in [6.07, 6.45) is 4.55. The molecule has 7 heteroatoms. The summed E-state index contributed by atoms with van der Waals surface area (Å²) in [6, 6.07) is -1.33. The van der Waals surface area contributed by atoms with Gasteiger partial charge in [0.15, 0.2) is 0 Å². The van der Waals surface area contributed by atoms with Crippen LogP contribution in [0.3, 0.4) is 0 Å². The fourth-order valence-electron chi connectivity index (χ4n) is 1.61. The smallest absolute Gasteiger partial charge is 0.326 e. The molecule has 2 amide bonds. The van der Waals surface area contributed by atoms with Gasteiger partial charge in [-0.3, -0.25) is 0 Å². The SMILES string of the molecule is CCC(C)C(NC(=O)NCCc1cnc[nH]1)C(=O)O. The number of nitrogens with one attached hydrogen (secondary N) is 3. The van der Waals surface area contributed by atoms with Gasteiger partial charge in [0.25, 0.3) is 0 Å². The number of amides is 2. The number of aromatic nitrogens is 2. The van der Waals surface area contributed by atoms with Crippen molar-refractivity contribution in [2.75, 3.05) is 6.54 Å². The van der Waals surface area contributed by atoms with Gasteiger partial charge in [-0.1, -0.05) is 20.3 Å². The van der Waals surface area contributed by atoms with Crippen LogP contribution in [-0.4, -0.2) is 39.7 Å². The second kappa shape index (κ2) is 7.40. The molecular formula is C12H20N4O3. The highest BCUT2D eigenvalue weighted by molar-refractivity contribution is 5.82. The zero-order valence-corrected chi connectivity index (χ0v) is 11.1. The minimum absolute atomic E-state index is 0.115. The van der Waals surface area contributed by atoms with Crippen LogP contribution in [0.4, 0.5) is 4.79 Å². The second-order valence-corrected chi connectivity index (χ2v) is 4.43. The minimum Gasteiger partial charge on any atom is -0.480 e. The van der Waals surface area contributed by atoms with E-state index in [-0.39, 0.29) is 5.92 Å². The lowest BCUT2D eigenvalue weighted by atomic mass is 9.99. The minimum atomic E-state index is -1.02. The second-order valence-electron chi connectivity index (χ2n) is 4.43. The number of rotatable bonds is 7. The summed E-state index contributed by atoms with van der Waals surface area (Å²) in [5.74, 6) is -1.13. The maximum absolute atomic E-state index is 11.6. The molecule has 7 nitrogen and oxygen atoms in total. The van der Waals surface area contributed by atoms with Crippen LogP contribution in [0.15, 0.2) is 12.5 Å². The number of imidazole rings is 1. The molecule has 0 spiro atoms. The lowest BCUT2D eigenvalue weighted by Crippen LogP contribution is -2.49.